The zero-order valence-electron chi connectivity index (χ0n) is 8.92. The highest BCUT2D eigenvalue weighted by Gasteiger charge is 2.09. The van der Waals surface area contributed by atoms with E-state index in [1.165, 1.54) is 0 Å². The second-order valence-corrected chi connectivity index (χ2v) is 4.61. The van der Waals surface area contributed by atoms with Gasteiger partial charge in [-0.1, -0.05) is 18.2 Å². The van der Waals surface area contributed by atoms with E-state index in [4.69, 9.17) is 0 Å². The van der Waals surface area contributed by atoms with Crippen molar-refractivity contribution in [2.24, 2.45) is 0 Å². The second-order valence-electron chi connectivity index (χ2n) is 3.66. The molecule has 84 valence electrons. The van der Waals surface area contributed by atoms with Gasteiger partial charge in [-0.3, -0.25) is 5.10 Å². The molecule has 0 bridgehead atoms. The number of aromatic nitrogens is 2. The van der Waals surface area contributed by atoms with Crippen LogP contribution >= 0.6 is 11.3 Å². The van der Waals surface area contributed by atoms with Gasteiger partial charge in [0.25, 0.3) is 0 Å². The molecule has 0 atom stereocenters. The van der Waals surface area contributed by atoms with Gasteiger partial charge in [0.15, 0.2) is 0 Å². The molecule has 3 rings (SSSR count). The number of nitrogens with one attached hydrogen (secondary N) is 1. The van der Waals surface area contributed by atoms with E-state index in [0.29, 0.717) is 0 Å². The maximum Gasteiger partial charge on any atom is 0.125 e. The van der Waals surface area contributed by atoms with E-state index in [-0.39, 0.29) is 5.75 Å². The van der Waals surface area contributed by atoms with Crippen molar-refractivity contribution in [1.29, 1.82) is 0 Å². The van der Waals surface area contributed by atoms with Gasteiger partial charge in [-0.2, -0.15) is 5.10 Å². The second kappa shape index (κ2) is 4.07. The summed E-state index contributed by atoms with van der Waals surface area (Å²) in [4.78, 5) is 1.14. The fourth-order valence-electron chi connectivity index (χ4n) is 1.71. The molecule has 1 aromatic carbocycles. The summed E-state index contributed by atoms with van der Waals surface area (Å²) in [6.45, 7) is 0. The van der Waals surface area contributed by atoms with Gasteiger partial charge in [-0.25, -0.2) is 0 Å². The Hall–Kier alpha value is -2.07. The number of phenolic OH excluding ortho intramolecular Hbond substituents is 1. The molecule has 0 amide bonds. The molecule has 4 heteroatoms. The lowest BCUT2D eigenvalue weighted by Gasteiger charge is -1.98. The average Bonchev–Trinajstić information content (AvgIpc) is 3.00. The van der Waals surface area contributed by atoms with Gasteiger partial charge in [0.1, 0.15) is 5.75 Å². The summed E-state index contributed by atoms with van der Waals surface area (Å²) in [5, 5.41) is 19.0. The van der Waals surface area contributed by atoms with Crippen LogP contribution in [0.15, 0.2) is 47.8 Å². The maximum atomic E-state index is 9.75. The molecule has 2 heterocycles. The summed E-state index contributed by atoms with van der Waals surface area (Å²) in [6, 6.07) is 13.2. The molecule has 0 aliphatic rings. The number of para-hydroxylation sites is 1. The third-order valence-corrected chi connectivity index (χ3v) is 3.45. The van der Waals surface area contributed by atoms with Crippen molar-refractivity contribution in [3.05, 3.63) is 47.8 Å². The quantitative estimate of drug-likeness (QED) is 0.722. The standard InChI is InChI=1S/C13H10N2OS/c16-12-5-2-1-4-9(12)10-8-11(15-14-10)13-6-3-7-17-13/h1-8,16H,(H,14,15). The van der Waals surface area contributed by atoms with Crippen LogP contribution in [0.25, 0.3) is 21.8 Å². The van der Waals surface area contributed by atoms with Crippen LogP contribution in [0.1, 0.15) is 0 Å². The number of H-pyrrole nitrogens is 1. The molecule has 0 fully saturated rings. The minimum absolute atomic E-state index is 0.247. The molecule has 0 saturated heterocycles. The molecule has 2 N–H and O–H groups in total. The van der Waals surface area contributed by atoms with Gasteiger partial charge in [-0.15, -0.1) is 11.3 Å². The Morgan fingerprint density at radius 1 is 1.12 bits per heavy atom. The minimum atomic E-state index is 0.247. The van der Waals surface area contributed by atoms with Crippen LogP contribution in [0.4, 0.5) is 0 Å². The lowest BCUT2D eigenvalue weighted by molar-refractivity contribution is 0.477. The zero-order valence-corrected chi connectivity index (χ0v) is 9.74. The number of thiophene rings is 1. The summed E-state index contributed by atoms with van der Waals surface area (Å²) in [7, 11) is 0. The van der Waals surface area contributed by atoms with Crippen molar-refractivity contribution < 1.29 is 5.11 Å². The van der Waals surface area contributed by atoms with Gasteiger partial charge in [0.05, 0.1) is 16.3 Å². The van der Waals surface area contributed by atoms with Gasteiger partial charge in [0.2, 0.25) is 0 Å². The molecule has 3 nitrogen and oxygen atoms in total. The van der Waals surface area contributed by atoms with Crippen molar-refractivity contribution in [3.8, 4) is 27.6 Å². The Morgan fingerprint density at radius 2 is 2.00 bits per heavy atom. The summed E-state index contributed by atoms with van der Waals surface area (Å²) < 4.78 is 0. The van der Waals surface area contributed by atoms with E-state index in [9.17, 15) is 5.11 Å². The first-order chi connectivity index (χ1) is 8.34. The summed E-state index contributed by atoms with van der Waals surface area (Å²) >= 11 is 1.65. The first-order valence-electron chi connectivity index (χ1n) is 5.22. The Morgan fingerprint density at radius 3 is 2.76 bits per heavy atom. The molecule has 0 aliphatic heterocycles. The van der Waals surface area contributed by atoms with Crippen molar-refractivity contribution >= 4 is 11.3 Å². The van der Waals surface area contributed by atoms with E-state index < -0.39 is 0 Å². The third-order valence-electron chi connectivity index (χ3n) is 2.54. The van der Waals surface area contributed by atoms with Crippen LogP contribution in [-0.4, -0.2) is 15.3 Å². The maximum absolute atomic E-state index is 9.75. The summed E-state index contributed by atoms with van der Waals surface area (Å²) in [5.41, 5.74) is 2.47. The minimum Gasteiger partial charge on any atom is -0.507 e. The molecular weight excluding hydrogens is 232 g/mol. The molecule has 3 aromatic rings. The molecule has 0 radical (unpaired) electrons. The topological polar surface area (TPSA) is 48.9 Å². The van der Waals surface area contributed by atoms with Crippen LogP contribution in [0.2, 0.25) is 0 Å². The first-order valence-corrected chi connectivity index (χ1v) is 6.10. The Bertz CT molecular complexity index is 628. The Kier molecular flexibility index (Phi) is 2.42. The first kappa shape index (κ1) is 10.1. The average molecular weight is 242 g/mol. The van der Waals surface area contributed by atoms with Gasteiger partial charge in [0, 0.05) is 5.56 Å². The van der Waals surface area contributed by atoms with Gasteiger partial charge in [-0.05, 0) is 29.6 Å². The monoisotopic (exact) mass is 242 g/mol. The highest BCUT2D eigenvalue weighted by molar-refractivity contribution is 7.13. The predicted octanol–water partition coefficient (Wildman–Crippen LogP) is 3.51. The fourth-order valence-corrected chi connectivity index (χ4v) is 2.40. The van der Waals surface area contributed by atoms with Crippen LogP contribution in [0, 0.1) is 0 Å². The number of hydrogen-bond donors (Lipinski definition) is 2. The van der Waals surface area contributed by atoms with Crippen LogP contribution in [0.3, 0.4) is 0 Å². The van der Waals surface area contributed by atoms with Crippen molar-refractivity contribution in [1.82, 2.24) is 10.2 Å². The molecule has 0 unspecified atom stereocenters. The Labute approximate surface area is 102 Å². The van der Waals surface area contributed by atoms with E-state index in [2.05, 4.69) is 10.2 Å². The van der Waals surface area contributed by atoms with E-state index >= 15 is 0 Å². The van der Waals surface area contributed by atoms with Gasteiger partial charge >= 0.3 is 0 Å². The van der Waals surface area contributed by atoms with E-state index in [1.807, 2.05) is 35.7 Å². The number of rotatable bonds is 2. The zero-order chi connectivity index (χ0) is 11.7. The molecule has 0 saturated carbocycles. The highest BCUT2D eigenvalue weighted by atomic mass is 32.1. The van der Waals surface area contributed by atoms with Crippen molar-refractivity contribution in [2.45, 2.75) is 0 Å². The predicted molar refractivity (Wildman–Crippen MR) is 69.0 cm³/mol. The molecular formula is C13H10N2OS. The molecule has 17 heavy (non-hydrogen) atoms. The number of aromatic hydroxyl groups is 1. The number of benzene rings is 1. The lowest BCUT2D eigenvalue weighted by atomic mass is 10.1. The summed E-state index contributed by atoms with van der Waals surface area (Å²) in [6.07, 6.45) is 0. The van der Waals surface area contributed by atoms with Crippen molar-refractivity contribution in [3.63, 3.8) is 0 Å². The largest absolute Gasteiger partial charge is 0.507 e. The number of nitrogens with zero attached hydrogens (tertiary/aromatic N) is 1. The van der Waals surface area contributed by atoms with Crippen LogP contribution in [0.5, 0.6) is 5.75 Å². The lowest BCUT2D eigenvalue weighted by Crippen LogP contribution is -1.77. The highest BCUT2D eigenvalue weighted by Crippen LogP contribution is 2.31. The van der Waals surface area contributed by atoms with E-state index in [0.717, 1.165) is 21.8 Å². The third kappa shape index (κ3) is 1.83. The normalized spacial score (nSPS) is 10.6. The van der Waals surface area contributed by atoms with Gasteiger partial charge < -0.3 is 5.11 Å². The molecule has 0 spiro atoms. The smallest absolute Gasteiger partial charge is 0.125 e. The number of aromatic amines is 1. The van der Waals surface area contributed by atoms with Crippen molar-refractivity contribution in [2.75, 3.05) is 0 Å². The van der Waals surface area contributed by atoms with Crippen LogP contribution in [-0.2, 0) is 0 Å². The Balaban J connectivity index is 2.04. The number of phenols is 1. The van der Waals surface area contributed by atoms with E-state index in [1.54, 1.807) is 23.5 Å². The van der Waals surface area contributed by atoms with Crippen LogP contribution < -0.4 is 0 Å². The molecule has 2 aromatic heterocycles. The fraction of sp³-hybridized carbons (Fsp3) is 0. The number of hydrogen-bond acceptors (Lipinski definition) is 3. The molecule has 0 aliphatic carbocycles. The summed E-state index contributed by atoms with van der Waals surface area (Å²) in [5.74, 6) is 0.247. The SMILES string of the molecule is Oc1ccccc1-c1cc(-c2cccs2)[nH]n1.